The Balaban J connectivity index is 2.92. The summed E-state index contributed by atoms with van der Waals surface area (Å²) in [7, 11) is 0. The van der Waals surface area contributed by atoms with Gasteiger partial charge in [-0.1, -0.05) is 29.8 Å². The van der Waals surface area contributed by atoms with Crippen LogP contribution < -0.4 is 5.73 Å². The quantitative estimate of drug-likeness (QED) is 0.831. The summed E-state index contributed by atoms with van der Waals surface area (Å²) in [5.41, 5.74) is 6.20. The van der Waals surface area contributed by atoms with E-state index in [1.807, 2.05) is 0 Å². The summed E-state index contributed by atoms with van der Waals surface area (Å²) in [6, 6.07) is 5.09. The van der Waals surface area contributed by atoms with Gasteiger partial charge in [0.25, 0.3) is 5.92 Å². The molecule has 1 aromatic carbocycles. The predicted octanol–water partition coefficient (Wildman–Crippen LogP) is 2.78. The van der Waals surface area contributed by atoms with Crippen LogP contribution in [0.5, 0.6) is 0 Å². The maximum Gasteiger partial charge on any atom is 0.264 e. The third kappa shape index (κ3) is 2.66. The fourth-order valence-electron chi connectivity index (χ4n) is 1.20. The van der Waals surface area contributed by atoms with E-state index < -0.39 is 18.9 Å². The normalized spacial score (nSPS) is 11.8. The van der Waals surface area contributed by atoms with Crippen LogP contribution in [-0.2, 0) is 6.42 Å². The fourth-order valence-corrected chi connectivity index (χ4v) is 1.39. The summed E-state index contributed by atoms with van der Waals surface area (Å²) >= 11 is 5.88. The van der Waals surface area contributed by atoms with Gasteiger partial charge in [-0.2, -0.15) is 0 Å². The van der Waals surface area contributed by atoms with Crippen molar-refractivity contribution in [3.05, 3.63) is 34.3 Å². The van der Waals surface area contributed by atoms with Crippen molar-refractivity contribution in [2.45, 2.75) is 19.3 Å². The van der Waals surface area contributed by atoms with Crippen molar-refractivity contribution in [3.8, 4) is 0 Å². The zero-order chi connectivity index (χ0) is 10.8. The Kier molecular flexibility index (Phi) is 3.45. The van der Waals surface area contributed by atoms with Crippen molar-refractivity contribution in [1.82, 2.24) is 0 Å². The molecule has 0 bridgehead atoms. The lowest BCUT2D eigenvalue weighted by molar-refractivity contribution is 0.0115. The second-order valence-corrected chi connectivity index (χ2v) is 3.66. The number of alkyl halides is 2. The number of rotatable bonds is 3. The molecule has 78 valence electrons. The molecule has 1 aromatic rings. The second-order valence-electron chi connectivity index (χ2n) is 3.28. The maximum absolute atomic E-state index is 13.0. The van der Waals surface area contributed by atoms with Gasteiger partial charge < -0.3 is 5.73 Å². The molecule has 0 unspecified atom stereocenters. The van der Waals surface area contributed by atoms with E-state index in [0.717, 1.165) is 5.56 Å². The molecule has 0 amide bonds. The minimum absolute atomic E-state index is 0.399. The molecular formula is C10H12ClF2N. The first-order valence-electron chi connectivity index (χ1n) is 4.28. The van der Waals surface area contributed by atoms with E-state index in [9.17, 15) is 8.78 Å². The van der Waals surface area contributed by atoms with E-state index in [0.29, 0.717) is 10.6 Å². The predicted molar refractivity (Wildman–Crippen MR) is 53.9 cm³/mol. The number of hydrogen-bond acceptors (Lipinski definition) is 1. The minimum atomic E-state index is -2.88. The highest BCUT2D eigenvalue weighted by atomic mass is 35.5. The molecule has 0 aromatic heterocycles. The Bertz CT molecular complexity index is 326. The molecule has 0 heterocycles. The van der Waals surface area contributed by atoms with Crippen LogP contribution in [0.4, 0.5) is 8.78 Å². The molecule has 14 heavy (non-hydrogen) atoms. The van der Waals surface area contributed by atoms with Gasteiger partial charge in [0.2, 0.25) is 0 Å². The van der Waals surface area contributed by atoms with Gasteiger partial charge in [0.05, 0.1) is 6.54 Å². The van der Waals surface area contributed by atoms with Crippen LogP contribution in [0.2, 0.25) is 5.02 Å². The van der Waals surface area contributed by atoms with Crippen molar-refractivity contribution in [3.63, 3.8) is 0 Å². The molecule has 1 rings (SSSR count). The Labute approximate surface area is 86.9 Å². The summed E-state index contributed by atoms with van der Waals surface area (Å²) in [5, 5.41) is 0.403. The second kappa shape index (κ2) is 4.24. The average molecular weight is 220 g/mol. The molecule has 4 heteroatoms. The van der Waals surface area contributed by atoms with Crippen LogP contribution in [0.1, 0.15) is 11.1 Å². The van der Waals surface area contributed by atoms with Crippen LogP contribution >= 0.6 is 11.6 Å². The molecule has 0 saturated heterocycles. The first-order valence-corrected chi connectivity index (χ1v) is 4.66. The van der Waals surface area contributed by atoms with Gasteiger partial charge in [-0.15, -0.1) is 0 Å². The van der Waals surface area contributed by atoms with E-state index in [-0.39, 0.29) is 0 Å². The Morgan fingerprint density at radius 1 is 1.43 bits per heavy atom. The van der Waals surface area contributed by atoms with Gasteiger partial charge in [0, 0.05) is 11.4 Å². The van der Waals surface area contributed by atoms with Gasteiger partial charge in [0.1, 0.15) is 0 Å². The molecule has 0 atom stereocenters. The van der Waals surface area contributed by atoms with Crippen LogP contribution in [0, 0.1) is 6.92 Å². The third-order valence-electron chi connectivity index (χ3n) is 2.02. The van der Waals surface area contributed by atoms with Gasteiger partial charge in [-0.05, 0) is 18.1 Å². The van der Waals surface area contributed by atoms with Crippen molar-refractivity contribution < 1.29 is 8.78 Å². The average Bonchev–Trinajstić information content (AvgIpc) is 2.13. The molecule has 2 N–H and O–H groups in total. The van der Waals surface area contributed by atoms with Gasteiger partial charge in [0.15, 0.2) is 0 Å². The first-order chi connectivity index (χ1) is 6.46. The molecule has 0 fully saturated rings. The summed E-state index contributed by atoms with van der Waals surface area (Å²) < 4.78 is 25.9. The van der Waals surface area contributed by atoms with Crippen molar-refractivity contribution in [2.75, 3.05) is 6.54 Å². The minimum Gasteiger partial charge on any atom is -0.325 e. The number of nitrogens with two attached hydrogens (primary N) is 1. The molecule has 0 aliphatic rings. The van der Waals surface area contributed by atoms with Crippen molar-refractivity contribution in [2.24, 2.45) is 5.73 Å². The highest BCUT2D eigenvalue weighted by molar-refractivity contribution is 6.32. The van der Waals surface area contributed by atoms with Gasteiger partial charge >= 0.3 is 0 Å². The van der Waals surface area contributed by atoms with Crippen molar-refractivity contribution in [1.29, 1.82) is 0 Å². The zero-order valence-electron chi connectivity index (χ0n) is 7.86. The largest absolute Gasteiger partial charge is 0.325 e. The van der Waals surface area contributed by atoms with Gasteiger partial charge in [-0.3, -0.25) is 0 Å². The molecule has 0 saturated carbocycles. The number of hydrogen-bond donors (Lipinski definition) is 1. The fraction of sp³-hybridized carbons (Fsp3) is 0.400. The summed E-state index contributed by atoms with van der Waals surface area (Å²) in [6.45, 7) is 1.13. The van der Waals surface area contributed by atoms with Gasteiger partial charge in [-0.25, -0.2) is 8.78 Å². The summed E-state index contributed by atoms with van der Waals surface area (Å²) in [6.07, 6.45) is -0.399. The highest BCUT2D eigenvalue weighted by Gasteiger charge is 2.28. The Hall–Kier alpha value is -0.670. The topological polar surface area (TPSA) is 26.0 Å². The molecule has 1 nitrogen and oxygen atoms in total. The smallest absolute Gasteiger partial charge is 0.264 e. The van der Waals surface area contributed by atoms with E-state index in [1.165, 1.54) is 0 Å². The number of halogens is 3. The lowest BCUT2D eigenvalue weighted by Crippen LogP contribution is -2.30. The number of aryl methyl sites for hydroxylation is 1. The lowest BCUT2D eigenvalue weighted by atomic mass is 10.0. The Morgan fingerprint density at radius 3 is 2.64 bits per heavy atom. The monoisotopic (exact) mass is 219 g/mol. The lowest BCUT2D eigenvalue weighted by Gasteiger charge is -2.15. The summed E-state index contributed by atoms with van der Waals surface area (Å²) in [4.78, 5) is 0. The SMILES string of the molecule is Cc1cccc(CC(F)(F)CN)c1Cl. The van der Waals surface area contributed by atoms with E-state index in [4.69, 9.17) is 17.3 Å². The zero-order valence-corrected chi connectivity index (χ0v) is 8.61. The first kappa shape index (κ1) is 11.4. The van der Waals surface area contributed by atoms with Crippen LogP contribution in [0.15, 0.2) is 18.2 Å². The molecule has 0 aliphatic heterocycles. The van der Waals surface area contributed by atoms with Crippen LogP contribution in [-0.4, -0.2) is 12.5 Å². The summed E-state index contributed by atoms with van der Waals surface area (Å²) in [5.74, 6) is -2.88. The van der Waals surface area contributed by atoms with E-state index in [2.05, 4.69) is 0 Å². The molecule has 0 radical (unpaired) electrons. The third-order valence-corrected chi connectivity index (χ3v) is 2.56. The molecule has 0 aliphatic carbocycles. The standard InChI is InChI=1S/C10H12ClF2N/c1-7-3-2-4-8(9(7)11)5-10(12,13)6-14/h2-4H,5-6,14H2,1H3. The molecular weight excluding hydrogens is 208 g/mol. The maximum atomic E-state index is 13.0. The van der Waals surface area contributed by atoms with Crippen LogP contribution in [0.3, 0.4) is 0 Å². The van der Waals surface area contributed by atoms with E-state index >= 15 is 0 Å². The number of benzene rings is 1. The van der Waals surface area contributed by atoms with E-state index in [1.54, 1.807) is 25.1 Å². The molecule has 0 spiro atoms. The van der Waals surface area contributed by atoms with Crippen LogP contribution in [0.25, 0.3) is 0 Å². The highest BCUT2D eigenvalue weighted by Crippen LogP contribution is 2.26. The Morgan fingerprint density at radius 2 is 2.07 bits per heavy atom. The van der Waals surface area contributed by atoms with Crippen molar-refractivity contribution >= 4 is 11.6 Å².